The lowest BCUT2D eigenvalue weighted by Crippen LogP contribution is -1.81. The van der Waals surface area contributed by atoms with Gasteiger partial charge in [-0.3, -0.25) is 19.2 Å². The molecule has 0 aromatic heterocycles. The zero-order chi connectivity index (χ0) is 23.8. The highest BCUT2D eigenvalue weighted by Crippen LogP contribution is 2.48. The topological polar surface area (TPSA) is 230 Å². The highest BCUT2D eigenvalue weighted by Gasteiger charge is 2.18. The van der Waals surface area contributed by atoms with E-state index in [1.54, 1.807) is 0 Å². The van der Waals surface area contributed by atoms with Crippen LogP contribution in [0, 0.1) is 6.92 Å². The second-order valence-corrected chi connectivity index (χ2v) is 4.79. The van der Waals surface area contributed by atoms with Crippen LogP contribution < -0.4 is 0 Å². The molecule has 12 nitrogen and oxygen atoms in total. The fourth-order valence-corrected chi connectivity index (χ4v) is 0.966. The molecule has 0 radical (unpaired) electrons. The van der Waals surface area contributed by atoms with E-state index in [0.29, 0.717) is 0 Å². The van der Waals surface area contributed by atoms with Gasteiger partial charge in [-0.1, -0.05) is 11.6 Å². The zero-order valence-corrected chi connectivity index (χ0v) is 16.3. The van der Waals surface area contributed by atoms with Gasteiger partial charge in [0.25, 0.3) is 23.9 Å². The normalized spacial score (nSPS) is 7.93. The van der Waals surface area contributed by atoms with Gasteiger partial charge in [0.2, 0.25) is 0 Å². The van der Waals surface area contributed by atoms with E-state index in [2.05, 4.69) is 0 Å². The minimum atomic E-state index is -0.833. The molecule has 0 fully saturated rings. The minimum absolute atomic E-state index is 0.0191. The Balaban J connectivity index is -0.000000150. The van der Waals surface area contributed by atoms with Crippen LogP contribution in [0.5, 0.6) is 23.0 Å². The fraction of sp³-hybridized carbons (Fsp3) is 0.333. The molecule has 1 aromatic rings. The van der Waals surface area contributed by atoms with Crippen LogP contribution in [-0.4, -0.2) is 64.7 Å². The molecule has 0 atom stereocenters. The summed E-state index contributed by atoms with van der Waals surface area (Å²) in [5.41, 5.74) is -0.0191. The van der Waals surface area contributed by atoms with Crippen molar-refractivity contribution < 1.29 is 60.0 Å². The van der Waals surface area contributed by atoms with Crippen molar-refractivity contribution >= 4 is 35.5 Å². The quantitative estimate of drug-likeness (QED) is 0.217. The largest absolute Gasteiger partial charge is 0.504 e. The van der Waals surface area contributed by atoms with Gasteiger partial charge in [0, 0.05) is 33.3 Å². The maximum absolute atomic E-state index is 9.09. The van der Waals surface area contributed by atoms with Crippen LogP contribution >= 0.6 is 11.6 Å². The van der Waals surface area contributed by atoms with E-state index in [-0.39, 0.29) is 5.56 Å². The molecule has 0 aliphatic heterocycles. The summed E-state index contributed by atoms with van der Waals surface area (Å²) in [5, 5.41) is 65.5. The van der Waals surface area contributed by atoms with Gasteiger partial charge in [0.1, 0.15) is 5.02 Å². The standard InChI is InChI=1S/C7H7ClO4.4C2H4O2/c1-2-4(9)6(11)3(8)7(12)5(2)10;4*1-2(3)4/h9-12H,1H3;4*1H3,(H,3,4). The summed E-state index contributed by atoms with van der Waals surface area (Å²) in [6, 6.07) is 0. The summed E-state index contributed by atoms with van der Waals surface area (Å²) in [5.74, 6) is -5.67. The first-order chi connectivity index (χ1) is 12.4. The molecule has 8 N–H and O–H groups in total. The number of aliphatic carboxylic acids is 4. The van der Waals surface area contributed by atoms with E-state index in [0.717, 1.165) is 27.7 Å². The molecule has 0 spiro atoms. The Bertz CT molecular complexity index is 500. The van der Waals surface area contributed by atoms with Gasteiger partial charge in [0.15, 0.2) is 23.0 Å². The van der Waals surface area contributed by atoms with Crippen LogP contribution in [0.15, 0.2) is 0 Å². The molecule has 1 aromatic carbocycles. The van der Waals surface area contributed by atoms with Crippen molar-refractivity contribution in [3.63, 3.8) is 0 Å². The van der Waals surface area contributed by atoms with Gasteiger partial charge in [-0.05, 0) is 6.92 Å². The van der Waals surface area contributed by atoms with Gasteiger partial charge in [-0.15, -0.1) is 0 Å². The number of hydrogen-bond acceptors (Lipinski definition) is 8. The smallest absolute Gasteiger partial charge is 0.300 e. The second-order valence-electron chi connectivity index (χ2n) is 4.41. The molecule has 0 saturated heterocycles. The summed E-state index contributed by atoms with van der Waals surface area (Å²) in [6.07, 6.45) is 0. The van der Waals surface area contributed by atoms with Crippen molar-refractivity contribution in [1.29, 1.82) is 0 Å². The highest BCUT2D eigenvalue weighted by molar-refractivity contribution is 6.34. The molecule has 0 bridgehead atoms. The minimum Gasteiger partial charge on any atom is -0.504 e. The van der Waals surface area contributed by atoms with Crippen molar-refractivity contribution in [3.05, 3.63) is 10.6 Å². The Kier molecular flexibility index (Phi) is 19.6. The molecule has 0 unspecified atom stereocenters. The van der Waals surface area contributed by atoms with Crippen molar-refractivity contribution in [1.82, 2.24) is 0 Å². The summed E-state index contributed by atoms with van der Waals surface area (Å²) in [7, 11) is 0. The average Bonchev–Trinajstić information content (AvgIpc) is 2.47. The summed E-state index contributed by atoms with van der Waals surface area (Å²) in [6.45, 7) is 5.67. The number of carbonyl (C=O) groups is 4. The van der Waals surface area contributed by atoms with E-state index in [1.165, 1.54) is 6.92 Å². The number of halogens is 1. The number of hydrogen-bond donors (Lipinski definition) is 8. The molecule has 28 heavy (non-hydrogen) atoms. The SMILES string of the molecule is CC(=O)O.CC(=O)O.CC(=O)O.CC(=O)O.Cc1c(O)c(O)c(Cl)c(O)c1O. The maximum atomic E-state index is 9.09. The second kappa shape index (κ2) is 17.0. The van der Waals surface area contributed by atoms with Gasteiger partial charge < -0.3 is 40.9 Å². The van der Waals surface area contributed by atoms with Crippen LogP contribution in [0.3, 0.4) is 0 Å². The molecule has 0 amide bonds. The van der Waals surface area contributed by atoms with Crippen LogP contribution in [-0.2, 0) is 19.2 Å². The Morgan fingerprint density at radius 2 is 0.714 bits per heavy atom. The fourth-order valence-electron chi connectivity index (χ4n) is 0.787. The Hall–Kier alpha value is -3.41. The van der Waals surface area contributed by atoms with E-state index in [4.69, 9.17) is 71.6 Å². The number of carboxylic acid groups (broad SMARTS) is 4. The number of benzene rings is 1. The number of phenols is 4. The maximum Gasteiger partial charge on any atom is 0.300 e. The van der Waals surface area contributed by atoms with Gasteiger partial charge in [0.05, 0.1) is 0 Å². The van der Waals surface area contributed by atoms with Crippen LogP contribution in [0.4, 0.5) is 0 Å². The summed E-state index contributed by atoms with van der Waals surface area (Å²) < 4.78 is 0. The van der Waals surface area contributed by atoms with E-state index < -0.39 is 51.9 Å². The Morgan fingerprint density at radius 3 is 0.857 bits per heavy atom. The third-order valence-electron chi connectivity index (χ3n) is 1.57. The number of aromatic hydroxyl groups is 4. The molecule has 162 valence electrons. The lowest BCUT2D eigenvalue weighted by atomic mass is 10.1. The first-order valence-electron chi connectivity index (χ1n) is 6.79. The van der Waals surface area contributed by atoms with E-state index >= 15 is 0 Å². The van der Waals surface area contributed by atoms with Crippen molar-refractivity contribution in [2.24, 2.45) is 0 Å². The average molecular weight is 431 g/mol. The highest BCUT2D eigenvalue weighted by atomic mass is 35.5. The molecule has 1 rings (SSSR count). The molecule has 0 aliphatic rings. The monoisotopic (exact) mass is 430 g/mol. The molecule has 0 aliphatic carbocycles. The Labute approximate surface area is 164 Å². The van der Waals surface area contributed by atoms with Crippen LogP contribution in [0.2, 0.25) is 5.02 Å². The van der Waals surface area contributed by atoms with Crippen LogP contribution in [0.1, 0.15) is 33.3 Å². The summed E-state index contributed by atoms with van der Waals surface area (Å²) in [4.78, 5) is 36.0. The summed E-state index contributed by atoms with van der Waals surface area (Å²) >= 11 is 5.34. The van der Waals surface area contributed by atoms with Gasteiger partial charge >= 0.3 is 0 Å². The van der Waals surface area contributed by atoms with E-state index in [9.17, 15) is 0 Å². The third kappa shape index (κ3) is 24.8. The number of carboxylic acids is 4. The van der Waals surface area contributed by atoms with Crippen molar-refractivity contribution in [3.8, 4) is 23.0 Å². The lowest BCUT2D eigenvalue weighted by Gasteiger charge is -2.08. The van der Waals surface area contributed by atoms with Gasteiger partial charge in [-0.2, -0.15) is 0 Å². The predicted molar refractivity (Wildman–Crippen MR) is 96.1 cm³/mol. The lowest BCUT2D eigenvalue weighted by molar-refractivity contribution is -0.135. The zero-order valence-electron chi connectivity index (χ0n) is 15.6. The van der Waals surface area contributed by atoms with Crippen LogP contribution in [0.25, 0.3) is 0 Å². The molecule has 0 heterocycles. The Morgan fingerprint density at radius 1 is 0.571 bits per heavy atom. The van der Waals surface area contributed by atoms with Crippen molar-refractivity contribution in [2.75, 3.05) is 0 Å². The number of rotatable bonds is 0. The molecular formula is C15H23ClO12. The first-order valence-corrected chi connectivity index (χ1v) is 7.17. The van der Waals surface area contributed by atoms with E-state index in [1.807, 2.05) is 0 Å². The molecular weight excluding hydrogens is 408 g/mol. The molecule has 0 saturated carbocycles. The first kappa shape index (κ1) is 32.3. The van der Waals surface area contributed by atoms with Gasteiger partial charge in [-0.25, -0.2) is 0 Å². The third-order valence-corrected chi connectivity index (χ3v) is 1.93. The van der Waals surface area contributed by atoms with Crippen molar-refractivity contribution in [2.45, 2.75) is 34.6 Å². The predicted octanol–water partition coefficient (Wildman–Crippen LogP) is 1.83. The number of phenolic OH excluding ortho intramolecular Hbond substituents is 4. The molecule has 13 heteroatoms.